The fourth-order valence-electron chi connectivity index (χ4n) is 3.91. The number of halogens is 1. The fraction of sp³-hybridized carbons (Fsp3) is 0.375. The summed E-state index contributed by atoms with van der Waals surface area (Å²) in [5.74, 6) is 1.11. The van der Waals surface area contributed by atoms with Gasteiger partial charge in [-0.05, 0) is 61.7 Å². The van der Waals surface area contributed by atoms with Crippen LogP contribution in [0.1, 0.15) is 47.0 Å². The Hall–Kier alpha value is -2.64. The van der Waals surface area contributed by atoms with Crippen LogP contribution >= 0.6 is 22.9 Å². The molecule has 0 spiro atoms. The quantitative estimate of drug-likeness (QED) is 0.499. The molecule has 1 aromatic heterocycles. The van der Waals surface area contributed by atoms with Gasteiger partial charge in [0.05, 0.1) is 22.3 Å². The maximum absolute atomic E-state index is 12.6. The number of likely N-dealkylation sites (tertiary alicyclic amines) is 1. The van der Waals surface area contributed by atoms with Crippen LogP contribution in [0.5, 0.6) is 5.75 Å². The van der Waals surface area contributed by atoms with E-state index in [1.165, 1.54) is 0 Å². The van der Waals surface area contributed by atoms with Crippen molar-refractivity contribution in [3.8, 4) is 5.75 Å². The third-order valence-electron chi connectivity index (χ3n) is 5.77. The summed E-state index contributed by atoms with van der Waals surface area (Å²) >= 11 is 7.79. The molecule has 32 heavy (non-hydrogen) atoms. The molecule has 2 aromatic carbocycles. The zero-order chi connectivity index (χ0) is 22.5. The highest BCUT2D eigenvalue weighted by Gasteiger charge is 2.25. The Morgan fingerprint density at radius 2 is 1.94 bits per heavy atom. The van der Waals surface area contributed by atoms with Crippen molar-refractivity contribution in [1.29, 1.82) is 0 Å². The van der Waals surface area contributed by atoms with Crippen LogP contribution in [0.3, 0.4) is 0 Å². The maximum atomic E-state index is 12.6. The van der Waals surface area contributed by atoms with Crippen LogP contribution in [0, 0.1) is 0 Å². The molecule has 0 radical (unpaired) electrons. The number of thiazole rings is 1. The lowest BCUT2D eigenvalue weighted by molar-refractivity contribution is -0.132. The van der Waals surface area contributed by atoms with Gasteiger partial charge in [0.1, 0.15) is 5.75 Å². The van der Waals surface area contributed by atoms with Crippen molar-refractivity contribution in [2.45, 2.75) is 31.6 Å². The predicted octanol–water partition coefficient (Wildman–Crippen LogP) is 4.87. The number of nitrogens with zero attached hydrogens (tertiary/aromatic N) is 2. The molecule has 1 aliphatic heterocycles. The first-order valence-corrected chi connectivity index (χ1v) is 12.0. The minimum absolute atomic E-state index is 0.141. The van der Waals surface area contributed by atoms with Crippen LogP contribution in [0.15, 0.2) is 42.5 Å². The number of amides is 2. The highest BCUT2D eigenvalue weighted by atomic mass is 35.5. The van der Waals surface area contributed by atoms with Gasteiger partial charge in [-0.25, -0.2) is 4.98 Å². The topological polar surface area (TPSA) is 71.5 Å². The van der Waals surface area contributed by atoms with Crippen LogP contribution in [0.25, 0.3) is 10.2 Å². The lowest BCUT2D eigenvalue weighted by Gasteiger charge is -2.31. The van der Waals surface area contributed by atoms with Crippen LogP contribution < -0.4 is 10.1 Å². The predicted molar refractivity (Wildman–Crippen MR) is 128 cm³/mol. The van der Waals surface area contributed by atoms with E-state index in [1.807, 2.05) is 23.1 Å². The molecule has 1 aliphatic rings. The van der Waals surface area contributed by atoms with Gasteiger partial charge < -0.3 is 15.0 Å². The monoisotopic (exact) mass is 471 g/mol. The summed E-state index contributed by atoms with van der Waals surface area (Å²) < 4.78 is 6.25. The van der Waals surface area contributed by atoms with E-state index in [0.29, 0.717) is 41.6 Å². The molecule has 1 fully saturated rings. The van der Waals surface area contributed by atoms with E-state index in [1.54, 1.807) is 42.7 Å². The summed E-state index contributed by atoms with van der Waals surface area (Å²) in [7, 11) is 1.59. The first-order valence-electron chi connectivity index (χ1n) is 10.8. The number of hydrogen-bond acceptors (Lipinski definition) is 5. The number of fused-ring (bicyclic) bond motifs is 1. The van der Waals surface area contributed by atoms with E-state index in [9.17, 15) is 9.59 Å². The molecule has 0 aliphatic carbocycles. The molecular weight excluding hydrogens is 446 g/mol. The van der Waals surface area contributed by atoms with E-state index in [-0.39, 0.29) is 11.8 Å². The Kier molecular flexibility index (Phi) is 7.27. The molecule has 0 saturated carbocycles. The smallest absolute Gasteiger partial charge is 0.251 e. The lowest BCUT2D eigenvalue weighted by Crippen LogP contribution is -2.38. The number of nitrogens with one attached hydrogen (secondary N) is 1. The average molecular weight is 472 g/mol. The van der Waals surface area contributed by atoms with Crippen LogP contribution in [0.2, 0.25) is 5.02 Å². The van der Waals surface area contributed by atoms with Gasteiger partial charge in [0, 0.05) is 42.6 Å². The molecule has 1 N–H and O–H groups in total. The van der Waals surface area contributed by atoms with E-state index in [4.69, 9.17) is 21.3 Å². The standard InChI is InChI=1S/C24H26ClN3O3S/c1-31-19-7-4-16(5-8-19)23(30)26-12-2-3-22(29)28-13-10-17(11-14-28)24-27-20-15-18(25)6-9-21(20)32-24/h4-9,15,17H,2-3,10-14H2,1H3,(H,26,30). The van der Waals surface area contributed by atoms with Gasteiger partial charge in [-0.2, -0.15) is 0 Å². The van der Waals surface area contributed by atoms with E-state index in [0.717, 1.165) is 41.2 Å². The maximum Gasteiger partial charge on any atom is 0.251 e. The van der Waals surface area contributed by atoms with E-state index in [2.05, 4.69) is 5.32 Å². The third-order valence-corrected chi connectivity index (χ3v) is 7.20. The van der Waals surface area contributed by atoms with Gasteiger partial charge >= 0.3 is 0 Å². The fourth-order valence-corrected chi connectivity index (χ4v) is 5.20. The van der Waals surface area contributed by atoms with Crippen molar-refractivity contribution < 1.29 is 14.3 Å². The molecule has 168 valence electrons. The third kappa shape index (κ3) is 5.40. The SMILES string of the molecule is COc1ccc(C(=O)NCCCC(=O)N2CCC(c3nc4cc(Cl)ccc4s3)CC2)cc1. The Bertz CT molecular complexity index is 1090. The zero-order valence-corrected chi connectivity index (χ0v) is 19.5. The second-order valence-corrected chi connectivity index (χ2v) is 9.41. The largest absolute Gasteiger partial charge is 0.497 e. The van der Waals surface area contributed by atoms with Crippen molar-refractivity contribution in [3.63, 3.8) is 0 Å². The van der Waals surface area contributed by atoms with E-state index < -0.39 is 0 Å². The summed E-state index contributed by atoms with van der Waals surface area (Å²) in [4.78, 5) is 31.5. The number of benzene rings is 2. The Balaban J connectivity index is 1.19. The first kappa shape index (κ1) is 22.6. The molecule has 3 aromatic rings. The molecular formula is C24H26ClN3O3S. The number of carbonyl (C=O) groups excluding carboxylic acids is 2. The number of aromatic nitrogens is 1. The summed E-state index contributed by atoms with van der Waals surface area (Å²) in [6.07, 6.45) is 2.91. The van der Waals surface area contributed by atoms with Crippen molar-refractivity contribution in [2.75, 3.05) is 26.7 Å². The molecule has 1 saturated heterocycles. The van der Waals surface area contributed by atoms with Gasteiger partial charge in [0.15, 0.2) is 0 Å². The number of ether oxygens (including phenoxy) is 1. The van der Waals surface area contributed by atoms with Gasteiger partial charge in [0.25, 0.3) is 5.91 Å². The normalized spacial score (nSPS) is 14.5. The summed E-state index contributed by atoms with van der Waals surface area (Å²) in [6.45, 7) is 1.97. The second kappa shape index (κ2) is 10.3. The van der Waals surface area contributed by atoms with E-state index >= 15 is 0 Å². The van der Waals surface area contributed by atoms with Crippen molar-refractivity contribution >= 4 is 45.0 Å². The van der Waals surface area contributed by atoms with Crippen LogP contribution in [-0.2, 0) is 4.79 Å². The Morgan fingerprint density at radius 1 is 1.19 bits per heavy atom. The molecule has 0 atom stereocenters. The van der Waals surface area contributed by atoms with Gasteiger partial charge in [-0.1, -0.05) is 11.6 Å². The zero-order valence-electron chi connectivity index (χ0n) is 18.0. The number of carbonyl (C=O) groups is 2. The van der Waals surface area contributed by atoms with Gasteiger partial charge in [-0.15, -0.1) is 11.3 Å². The molecule has 0 unspecified atom stereocenters. The van der Waals surface area contributed by atoms with Gasteiger partial charge in [-0.3, -0.25) is 9.59 Å². The molecule has 6 nitrogen and oxygen atoms in total. The highest BCUT2D eigenvalue weighted by Crippen LogP contribution is 2.34. The molecule has 8 heteroatoms. The Labute approximate surface area is 196 Å². The Morgan fingerprint density at radius 3 is 2.66 bits per heavy atom. The molecule has 0 bridgehead atoms. The van der Waals surface area contributed by atoms with Crippen LogP contribution in [-0.4, -0.2) is 48.4 Å². The number of piperidine rings is 1. The lowest BCUT2D eigenvalue weighted by atomic mass is 9.97. The highest BCUT2D eigenvalue weighted by molar-refractivity contribution is 7.18. The summed E-state index contributed by atoms with van der Waals surface area (Å²) in [5, 5.41) is 4.71. The number of rotatable bonds is 7. The number of methoxy groups -OCH3 is 1. The van der Waals surface area contributed by atoms with Crippen molar-refractivity contribution in [2.24, 2.45) is 0 Å². The van der Waals surface area contributed by atoms with Gasteiger partial charge in [0.2, 0.25) is 5.91 Å². The molecule has 4 rings (SSSR count). The molecule has 2 amide bonds. The average Bonchev–Trinajstić information content (AvgIpc) is 3.25. The summed E-state index contributed by atoms with van der Waals surface area (Å²) in [6, 6.07) is 12.8. The van der Waals surface area contributed by atoms with Crippen LogP contribution in [0.4, 0.5) is 0 Å². The second-order valence-electron chi connectivity index (χ2n) is 7.91. The minimum Gasteiger partial charge on any atom is -0.497 e. The summed E-state index contributed by atoms with van der Waals surface area (Å²) in [5.41, 5.74) is 1.53. The first-order chi connectivity index (χ1) is 15.5. The van der Waals surface area contributed by atoms with Crippen molar-refractivity contribution in [1.82, 2.24) is 15.2 Å². The number of hydrogen-bond donors (Lipinski definition) is 1. The molecule has 2 heterocycles. The van der Waals surface area contributed by atoms with Crippen molar-refractivity contribution in [3.05, 3.63) is 58.1 Å². The minimum atomic E-state index is -0.141.